The number of nitrogens with one attached hydrogen (secondary N) is 1. The second-order valence-corrected chi connectivity index (χ2v) is 5.32. The molecule has 8 heteroatoms. The Labute approximate surface area is 126 Å². The molecule has 0 unspecified atom stereocenters. The van der Waals surface area contributed by atoms with Gasteiger partial charge in [-0.1, -0.05) is 25.4 Å². The average molecular weight is 315 g/mol. The molecular formula is C13H15ClN2O5. The van der Waals surface area contributed by atoms with E-state index >= 15 is 0 Å². The van der Waals surface area contributed by atoms with Crippen LogP contribution in [0.2, 0.25) is 5.02 Å². The van der Waals surface area contributed by atoms with E-state index in [-0.39, 0.29) is 28.6 Å². The summed E-state index contributed by atoms with van der Waals surface area (Å²) in [6.45, 7) is 3.68. The minimum Gasteiger partial charge on any atom is -0.480 e. The molecule has 0 spiro atoms. The second-order valence-electron chi connectivity index (χ2n) is 4.92. The molecule has 114 valence electrons. The fourth-order valence-corrected chi connectivity index (χ4v) is 1.98. The Morgan fingerprint density at radius 3 is 2.48 bits per heavy atom. The van der Waals surface area contributed by atoms with Crippen molar-refractivity contribution in [3.8, 4) is 0 Å². The van der Waals surface area contributed by atoms with Crippen molar-refractivity contribution in [2.75, 3.05) is 0 Å². The van der Waals surface area contributed by atoms with Gasteiger partial charge >= 0.3 is 5.97 Å². The lowest BCUT2D eigenvalue weighted by molar-refractivity contribution is -0.384. The predicted molar refractivity (Wildman–Crippen MR) is 76.5 cm³/mol. The third-order valence-corrected chi connectivity index (χ3v) is 3.02. The largest absolute Gasteiger partial charge is 0.480 e. The van der Waals surface area contributed by atoms with E-state index in [4.69, 9.17) is 16.7 Å². The lowest BCUT2D eigenvalue weighted by Gasteiger charge is -2.16. The van der Waals surface area contributed by atoms with Crippen LogP contribution in [0.1, 0.15) is 30.6 Å². The highest BCUT2D eigenvalue weighted by Crippen LogP contribution is 2.25. The van der Waals surface area contributed by atoms with Crippen LogP contribution >= 0.6 is 11.6 Å². The molecule has 1 aromatic rings. The topological polar surface area (TPSA) is 110 Å². The molecule has 0 aliphatic carbocycles. The third kappa shape index (κ3) is 4.71. The van der Waals surface area contributed by atoms with Crippen LogP contribution in [0.15, 0.2) is 18.2 Å². The first-order chi connectivity index (χ1) is 9.72. The van der Waals surface area contributed by atoms with Crippen LogP contribution in [0.5, 0.6) is 0 Å². The standard InChI is InChI=1S/C13H15ClN2O5/c1-7(2)5-10(13(18)19)15-12(17)8-3-4-11(16(20)21)9(14)6-8/h3-4,6-7,10H,5H2,1-2H3,(H,15,17)(H,18,19)/t10-/m1/s1. The normalized spacial score (nSPS) is 12.0. The van der Waals surface area contributed by atoms with Crippen molar-refractivity contribution in [1.29, 1.82) is 0 Å². The highest BCUT2D eigenvalue weighted by molar-refractivity contribution is 6.33. The van der Waals surface area contributed by atoms with Gasteiger partial charge in [0.15, 0.2) is 0 Å². The molecule has 0 saturated carbocycles. The minimum atomic E-state index is -1.13. The summed E-state index contributed by atoms with van der Waals surface area (Å²) in [6, 6.07) is 2.46. The van der Waals surface area contributed by atoms with Crippen LogP contribution in [0.4, 0.5) is 5.69 Å². The Balaban J connectivity index is 2.90. The first-order valence-corrected chi connectivity index (χ1v) is 6.57. The highest BCUT2D eigenvalue weighted by Gasteiger charge is 2.23. The van der Waals surface area contributed by atoms with Gasteiger partial charge in [-0.2, -0.15) is 0 Å². The second kappa shape index (κ2) is 7.03. The van der Waals surface area contributed by atoms with Crippen molar-refractivity contribution in [3.05, 3.63) is 38.9 Å². The number of carbonyl (C=O) groups excluding carboxylic acids is 1. The van der Waals surface area contributed by atoms with Crippen molar-refractivity contribution in [3.63, 3.8) is 0 Å². The number of halogens is 1. The van der Waals surface area contributed by atoms with E-state index in [0.717, 1.165) is 12.1 Å². The molecule has 0 radical (unpaired) electrons. The number of nitrogens with zero attached hydrogens (tertiary/aromatic N) is 1. The van der Waals surface area contributed by atoms with Gasteiger partial charge in [-0.3, -0.25) is 14.9 Å². The summed E-state index contributed by atoms with van der Waals surface area (Å²) in [5.41, 5.74) is -0.245. The van der Waals surface area contributed by atoms with E-state index in [0.29, 0.717) is 0 Å². The monoisotopic (exact) mass is 314 g/mol. The molecule has 0 heterocycles. The van der Waals surface area contributed by atoms with E-state index in [2.05, 4.69) is 5.32 Å². The van der Waals surface area contributed by atoms with Gasteiger partial charge < -0.3 is 10.4 Å². The molecule has 0 fully saturated rings. The number of carboxylic acid groups (broad SMARTS) is 1. The fraction of sp³-hybridized carbons (Fsp3) is 0.385. The van der Waals surface area contributed by atoms with E-state index in [1.807, 2.05) is 13.8 Å². The third-order valence-electron chi connectivity index (χ3n) is 2.72. The first kappa shape index (κ1) is 16.9. The summed E-state index contributed by atoms with van der Waals surface area (Å²) >= 11 is 5.71. The van der Waals surface area contributed by atoms with Crippen molar-refractivity contribution < 1.29 is 19.6 Å². The molecule has 0 saturated heterocycles. The van der Waals surface area contributed by atoms with Crippen molar-refractivity contribution >= 4 is 29.2 Å². The zero-order valence-electron chi connectivity index (χ0n) is 11.5. The molecule has 0 aliphatic rings. The predicted octanol–water partition coefficient (Wildman–Crippen LogP) is 2.48. The summed E-state index contributed by atoms with van der Waals surface area (Å²) in [5, 5.41) is 21.9. The van der Waals surface area contributed by atoms with Crippen LogP contribution in [-0.2, 0) is 4.79 Å². The fourth-order valence-electron chi connectivity index (χ4n) is 1.73. The number of nitro benzene ring substituents is 1. The van der Waals surface area contributed by atoms with Crippen LogP contribution in [0, 0.1) is 16.0 Å². The van der Waals surface area contributed by atoms with Crippen molar-refractivity contribution in [2.24, 2.45) is 5.92 Å². The number of aliphatic carboxylic acids is 1. The molecule has 1 aromatic carbocycles. The molecule has 0 aromatic heterocycles. The van der Waals surface area contributed by atoms with Gasteiger partial charge in [0.05, 0.1) is 4.92 Å². The van der Waals surface area contributed by atoms with E-state index in [9.17, 15) is 19.7 Å². The van der Waals surface area contributed by atoms with E-state index in [1.54, 1.807) is 0 Å². The van der Waals surface area contributed by atoms with Gasteiger partial charge in [-0.15, -0.1) is 0 Å². The zero-order chi connectivity index (χ0) is 16.2. The molecule has 1 atom stereocenters. The summed E-state index contributed by atoms with van der Waals surface area (Å²) in [7, 11) is 0. The smallest absolute Gasteiger partial charge is 0.326 e. The number of rotatable bonds is 6. The van der Waals surface area contributed by atoms with E-state index < -0.39 is 22.8 Å². The molecule has 1 amide bonds. The van der Waals surface area contributed by atoms with Gasteiger partial charge in [0, 0.05) is 11.6 Å². The first-order valence-electron chi connectivity index (χ1n) is 6.20. The summed E-state index contributed by atoms with van der Waals surface area (Å²) in [4.78, 5) is 33.0. The summed E-state index contributed by atoms with van der Waals surface area (Å²) < 4.78 is 0. The zero-order valence-corrected chi connectivity index (χ0v) is 12.3. The Hall–Kier alpha value is -2.15. The maximum atomic E-state index is 12.0. The van der Waals surface area contributed by atoms with Gasteiger partial charge in [0.2, 0.25) is 0 Å². The van der Waals surface area contributed by atoms with Crippen molar-refractivity contribution in [1.82, 2.24) is 5.32 Å². The molecule has 1 rings (SSSR count). The molecule has 21 heavy (non-hydrogen) atoms. The average Bonchev–Trinajstić information content (AvgIpc) is 2.36. The Bertz CT molecular complexity index is 574. The lowest BCUT2D eigenvalue weighted by Crippen LogP contribution is -2.41. The number of carbonyl (C=O) groups is 2. The van der Waals surface area contributed by atoms with Crippen LogP contribution in [0.25, 0.3) is 0 Å². The van der Waals surface area contributed by atoms with Gasteiger partial charge in [0.25, 0.3) is 11.6 Å². The Morgan fingerprint density at radius 1 is 1.43 bits per heavy atom. The summed E-state index contributed by atoms with van der Waals surface area (Å²) in [6.07, 6.45) is 0.280. The molecule has 2 N–H and O–H groups in total. The Kier molecular flexibility index (Phi) is 5.66. The molecule has 0 bridgehead atoms. The quantitative estimate of drug-likeness (QED) is 0.619. The van der Waals surface area contributed by atoms with Crippen LogP contribution in [-0.4, -0.2) is 27.9 Å². The van der Waals surface area contributed by atoms with Gasteiger partial charge in [-0.05, 0) is 24.5 Å². The van der Waals surface area contributed by atoms with Crippen molar-refractivity contribution in [2.45, 2.75) is 26.3 Å². The van der Waals surface area contributed by atoms with Gasteiger partial charge in [0.1, 0.15) is 11.1 Å². The van der Waals surface area contributed by atoms with Crippen LogP contribution < -0.4 is 5.32 Å². The lowest BCUT2D eigenvalue weighted by atomic mass is 10.0. The number of hydrogen-bond acceptors (Lipinski definition) is 4. The van der Waals surface area contributed by atoms with Gasteiger partial charge in [-0.25, -0.2) is 4.79 Å². The number of carboxylic acids is 1. The highest BCUT2D eigenvalue weighted by atomic mass is 35.5. The minimum absolute atomic E-state index is 0.0700. The maximum absolute atomic E-state index is 12.0. The summed E-state index contributed by atoms with van der Waals surface area (Å²) in [5.74, 6) is -1.68. The number of hydrogen-bond donors (Lipinski definition) is 2. The molecular weight excluding hydrogens is 300 g/mol. The van der Waals surface area contributed by atoms with Crippen LogP contribution in [0.3, 0.4) is 0 Å². The molecule has 7 nitrogen and oxygen atoms in total. The number of benzene rings is 1. The maximum Gasteiger partial charge on any atom is 0.326 e. The number of amides is 1. The van der Waals surface area contributed by atoms with E-state index in [1.165, 1.54) is 6.07 Å². The SMILES string of the molecule is CC(C)C[C@@H](NC(=O)c1ccc([N+](=O)[O-])c(Cl)c1)C(=O)O. The number of nitro groups is 1. The Morgan fingerprint density at radius 2 is 2.05 bits per heavy atom. The molecule has 0 aliphatic heterocycles.